The molecule has 0 aliphatic rings. The lowest BCUT2D eigenvalue weighted by Gasteiger charge is -2.18. The van der Waals surface area contributed by atoms with E-state index in [-0.39, 0.29) is 31.1 Å². The number of esters is 3. The molecule has 1 atom stereocenters. The summed E-state index contributed by atoms with van der Waals surface area (Å²) in [5.41, 5.74) is 0. The fourth-order valence-electron chi connectivity index (χ4n) is 7.90. The Morgan fingerprint density at radius 1 is 0.302 bits per heavy atom. The number of rotatable bonds is 50. The standard InChI is InChI=1S/C57H104O6/c1-4-7-10-13-16-19-22-25-26-27-28-29-30-33-35-38-41-44-47-50-56(59)62-53-54(63-57(60)51-48-45-42-39-36-32-24-21-18-15-12-9-6-3)52-61-55(58)49-46-43-40-37-34-31-23-20-17-14-11-8-5-2/h20-21,23-26,54H,4-19,22,27-53H2,1-3H3/b23-20-,24-21-,26-25-. The van der Waals surface area contributed by atoms with E-state index in [9.17, 15) is 14.4 Å². The molecule has 0 rings (SSSR count). The van der Waals surface area contributed by atoms with E-state index in [2.05, 4.69) is 57.2 Å². The van der Waals surface area contributed by atoms with Crippen LogP contribution in [0.1, 0.15) is 290 Å². The van der Waals surface area contributed by atoms with Crippen molar-refractivity contribution in [2.45, 2.75) is 297 Å². The number of allylic oxidation sites excluding steroid dienone is 6. The second-order valence-corrected chi connectivity index (χ2v) is 18.5. The molecule has 6 nitrogen and oxygen atoms in total. The predicted molar refractivity (Wildman–Crippen MR) is 270 cm³/mol. The van der Waals surface area contributed by atoms with Crippen molar-refractivity contribution in [2.75, 3.05) is 13.2 Å². The van der Waals surface area contributed by atoms with Crippen molar-refractivity contribution < 1.29 is 28.6 Å². The van der Waals surface area contributed by atoms with Crippen molar-refractivity contribution in [2.24, 2.45) is 0 Å². The summed E-state index contributed by atoms with van der Waals surface area (Å²) in [7, 11) is 0. The maximum atomic E-state index is 12.8. The topological polar surface area (TPSA) is 78.9 Å². The number of unbranched alkanes of at least 4 members (excludes halogenated alkanes) is 33. The van der Waals surface area contributed by atoms with Crippen LogP contribution in [0, 0.1) is 0 Å². The van der Waals surface area contributed by atoms with Crippen molar-refractivity contribution in [1.82, 2.24) is 0 Å². The van der Waals surface area contributed by atoms with Crippen molar-refractivity contribution >= 4 is 17.9 Å². The lowest BCUT2D eigenvalue weighted by atomic mass is 10.1. The van der Waals surface area contributed by atoms with Gasteiger partial charge < -0.3 is 14.2 Å². The number of carbonyl (C=O) groups excluding carboxylic acids is 3. The highest BCUT2D eigenvalue weighted by Crippen LogP contribution is 2.15. The monoisotopic (exact) mass is 885 g/mol. The largest absolute Gasteiger partial charge is 0.462 e. The summed E-state index contributed by atoms with van der Waals surface area (Å²) in [4.78, 5) is 38.0. The van der Waals surface area contributed by atoms with E-state index in [1.165, 1.54) is 173 Å². The predicted octanol–water partition coefficient (Wildman–Crippen LogP) is 18.1. The molecule has 0 bridgehead atoms. The van der Waals surface area contributed by atoms with E-state index >= 15 is 0 Å². The second-order valence-electron chi connectivity index (χ2n) is 18.5. The van der Waals surface area contributed by atoms with E-state index in [1.807, 2.05) is 0 Å². The van der Waals surface area contributed by atoms with Gasteiger partial charge in [-0.3, -0.25) is 14.4 Å². The van der Waals surface area contributed by atoms with E-state index < -0.39 is 6.10 Å². The van der Waals surface area contributed by atoms with Crippen LogP contribution in [0.3, 0.4) is 0 Å². The third-order valence-corrected chi connectivity index (χ3v) is 12.1. The zero-order chi connectivity index (χ0) is 45.8. The van der Waals surface area contributed by atoms with Gasteiger partial charge in [-0.25, -0.2) is 0 Å². The van der Waals surface area contributed by atoms with Crippen molar-refractivity contribution in [3.05, 3.63) is 36.5 Å². The minimum absolute atomic E-state index is 0.0773. The Labute approximate surface area is 391 Å². The SMILES string of the molecule is CCCCCC/C=C\CCCCCCCC(=O)OCC(COC(=O)CCCCCCCCCCC/C=C\CCCCCCCC)OC(=O)CCCCCCC/C=C\CCCCCC. The zero-order valence-electron chi connectivity index (χ0n) is 42.1. The highest BCUT2D eigenvalue weighted by atomic mass is 16.6. The van der Waals surface area contributed by atoms with Crippen LogP contribution in [0.25, 0.3) is 0 Å². The quantitative estimate of drug-likeness (QED) is 0.0262. The van der Waals surface area contributed by atoms with Crippen molar-refractivity contribution in [3.63, 3.8) is 0 Å². The number of hydrogen-bond donors (Lipinski definition) is 0. The van der Waals surface area contributed by atoms with Crippen molar-refractivity contribution in [3.8, 4) is 0 Å². The molecule has 1 unspecified atom stereocenters. The van der Waals surface area contributed by atoms with Crippen LogP contribution in [0.15, 0.2) is 36.5 Å². The number of hydrogen-bond acceptors (Lipinski definition) is 6. The first-order valence-corrected chi connectivity index (χ1v) is 27.5. The molecule has 0 amide bonds. The lowest BCUT2D eigenvalue weighted by Crippen LogP contribution is -2.30. The smallest absolute Gasteiger partial charge is 0.306 e. The van der Waals surface area contributed by atoms with Crippen LogP contribution in [0.4, 0.5) is 0 Å². The summed E-state index contributed by atoms with van der Waals surface area (Å²) in [5, 5.41) is 0. The fraction of sp³-hybridized carbons (Fsp3) is 0.842. The molecule has 0 saturated heterocycles. The molecule has 0 spiro atoms. The van der Waals surface area contributed by atoms with Gasteiger partial charge in [-0.05, 0) is 96.3 Å². The van der Waals surface area contributed by atoms with E-state index in [1.54, 1.807) is 0 Å². The van der Waals surface area contributed by atoms with Gasteiger partial charge in [0.15, 0.2) is 6.10 Å². The molecular formula is C57H104O6. The lowest BCUT2D eigenvalue weighted by molar-refractivity contribution is -0.167. The van der Waals surface area contributed by atoms with E-state index in [0.29, 0.717) is 19.3 Å². The highest BCUT2D eigenvalue weighted by Gasteiger charge is 2.19. The minimum Gasteiger partial charge on any atom is -0.462 e. The Balaban J connectivity index is 4.33. The van der Waals surface area contributed by atoms with Gasteiger partial charge in [-0.2, -0.15) is 0 Å². The molecular weight excluding hydrogens is 781 g/mol. The van der Waals surface area contributed by atoms with Gasteiger partial charge in [-0.15, -0.1) is 0 Å². The van der Waals surface area contributed by atoms with Crippen LogP contribution in [-0.2, 0) is 28.6 Å². The Hall–Kier alpha value is -2.37. The molecule has 6 heteroatoms. The molecule has 0 aromatic carbocycles. The third-order valence-electron chi connectivity index (χ3n) is 12.1. The summed E-state index contributed by atoms with van der Waals surface area (Å²) in [6, 6.07) is 0. The van der Waals surface area contributed by atoms with Crippen LogP contribution < -0.4 is 0 Å². The number of ether oxygens (including phenoxy) is 3. The van der Waals surface area contributed by atoms with Gasteiger partial charge in [0, 0.05) is 19.3 Å². The first-order chi connectivity index (χ1) is 31.0. The highest BCUT2D eigenvalue weighted by molar-refractivity contribution is 5.71. The second kappa shape index (κ2) is 52.3. The maximum absolute atomic E-state index is 12.8. The van der Waals surface area contributed by atoms with Crippen LogP contribution in [-0.4, -0.2) is 37.2 Å². The molecule has 0 aromatic heterocycles. The van der Waals surface area contributed by atoms with E-state index in [0.717, 1.165) is 77.0 Å². The molecule has 0 saturated carbocycles. The molecule has 0 aliphatic heterocycles. The van der Waals surface area contributed by atoms with Crippen molar-refractivity contribution in [1.29, 1.82) is 0 Å². The summed E-state index contributed by atoms with van der Waals surface area (Å²) in [5.74, 6) is -0.886. The molecule has 0 N–H and O–H groups in total. The summed E-state index contributed by atoms with van der Waals surface area (Å²) in [6.07, 6.45) is 61.3. The van der Waals surface area contributed by atoms with Gasteiger partial charge in [0.2, 0.25) is 0 Å². The van der Waals surface area contributed by atoms with Gasteiger partial charge in [0.05, 0.1) is 0 Å². The van der Waals surface area contributed by atoms with Crippen LogP contribution in [0.2, 0.25) is 0 Å². The normalized spacial score (nSPS) is 12.2. The molecule has 0 aromatic rings. The Morgan fingerprint density at radius 2 is 0.524 bits per heavy atom. The zero-order valence-corrected chi connectivity index (χ0v) is 42.1. The third kappa shape index (κ3) is 50.5. The average molecular weight is 885 g/mol. The van der Waals surface area contributed by atoms with Gasteiger partial charge in [0.1, 0.15) is 13.2 Å². The maximum Gasteiger partial charge on any atom is 0.306 e. The average Bonchev–Trinajstić information content (AvgIpc) is 3.28. The van der Waals surface area contributed by atoms with Crippen LogP contribution in [0.5, 0.6) is 0 Å². The van der Waals surface area contributed by atoms with Crippen LogP contribution >= 0.6 is 0 Å². The number of carbonyl (C=O) groups is 3. The Morgan fingerprint density at radius 3 is 0.810 bits per heavy atom. The minimum atomic E-state index is -0.778. The van der Waals surface area contributed by atoms with Gasteiger partial charge >= 0.3 is 17.9 Å². The summed E-state index contributed by atoms with van der Waals surface area (Å²) >= 11 is 0. The molecule has 0 radical (unpaired) electrons. The molecule has 63 heavy (non-hydrogen) atoms. The molecule has 368 valence electrons. The molecule has 0 aliphatic carbocycles. The molecule has 0 heterocycles. The van der Waals surface area contributed by atoms with E-state index in [4.69, 9.17) is 14.2 Å². The summed E-state index contributed by atoms with van der Waals surface area (Å²) < 4.78 is 16.8. The first kappa shape index (κ1) is 60.6. The summed E-state index contributed by atoms with van der Waals surface area (Å²) in [6.45, 7) is 6.61. The molecule has 0 fully saturated rings. The Kier molecular flexibility index (Phi) is 50.3. The van der Waals surface area contributed by atoms with Gasteiger partial charge in [0.25, 0.3) is 0 Å². The fourth-order valence-corrected chi connectivity index (χ4v) is 7.90. The Bertz CT molecular complexity index is 1060. The van der Waals surface area contributed by atoms with Gasteiger partial charge in [-0.1, -0.05) is 211 Å². The first-order valence-electron chi connectivity index (χ1n) is 27.5.